The van der Waals surface area contributed by atoms with Crippen LogP contribution in [0.2, 0.25) is 0 Å². The van der Waals surface area contributed by atoms with Crippen molar-refractivity contribution in [2.75, 3.05) is 5.43 Å². The highest BCUT2D eigenvalue weighted by Crippen LogP contribution is 2.26. The number of non-ortho nitro benzene ring substituents is 1. The van der Waals surface area contributed by atoms with E-state index in [0.29, 0.717) is 11.3 Å². The summed E-state index contributed by atoms with van der Waals surface area (Å²) in [5, 5.41) is 33.2. The normalized spacial score (nSPS) is 10.6. The SMILES string of the molecule is O=[N+]([O-])c1ccc(N/N=C\c2cccc(O)c2O)cc1. The maximum absolute atomic E-state index is 10.5. The summed E-state index contributed by atoms with van der Waals surface area (Å²) in [5.41, 5.74) is 3.56. The number of hydrogen-bond donors (Lipinski definition) is 3. The van der Waals surface area contributed by atoms with E-state index in [1.165, 1.54) is 36.5 Å². The second-order valence-electron chi connectivity index (χ2n) is 3.89. The van der Waals surface area contributed by atoms with Gasteiger partial charge in [0.05, 0.1) is 16.8 Å². The Bertz CT molecular complexity index is 653. The van der Waals surface area contributed by atoms with Crippen LogP contribution in [0.3, 0.4) is 0 Å². The van der Waals surface area contributed by atoms with Gasteiger partial charge < -0.3 is 10.2 Å². The highest BCUT2D eigenvalue weighted by Gasteiger charge is 2.04. The minimum absolute atomic E-state index is 0.00912. The molecular formula is C13H11N3O4. The lowest BCUT2D eigenvalue weighted by atomic mass is 10.2. The molecule has 2 aromatic rings. The van der Waals surface area contributed by atoms with Gasteiger partial charge in [0.25, 0.3) is 5.69 Å². The van der Waals surface area contributed by atoms with Crippen molar-refractivity contribution in [1.82, 2.24) is 0 Å². The minimum Gasteiger partial charge on any atom is -0.504 e. The first-order chi connectivity index (χ1) is 9.58. The Morgan fingerprint density at radius 3 is 2.50 bits per heavy atom. The van der Waals surface area contributed by atoms with E-state index in [-0.39, 0.29) is 17.2 Å². The molecule has 0 atom stereocenters. The molecular weight excluding hydrogens is 262 g/mol. The molecule has 0 bridgehead atoms. The molecule has 3 N–H and O–H groups in total. The zero-order valence-corrected chi connectivity index (χ0v) is 10.2. The summed E-state index contributed by atoms with van der Waals surface area (Å²) < 4.78 is 0. The predicted octanol–water partition coefficient (Wildman–Crippen LogP) is 2.45. The lowest BCUT2D eigenvalue weighted by Crippen LogP contribution is -1.92. The fourth-order valence-electron chi connectivity index (χ4n) is 1.49. The van der Waals surface area contributed by atoms with Crippen LogP contribution in [0.1, 0.15) is 5.56 Å². The standard InChI is InChI=1S/C13H11N3O4/c17-12-3-1-2-9(13(12)18)8-14-15-10-4-6-11(7-5-10)16(19)20/h1-8,15,17-18H/b14-8-. The molecule has 0 radical (unpaired) electrons. The molecule has 0 aliphatic carbocycles. The molecule has 0 aromatic heterocycles. The molecule has 7 nitrogen and oxygen atoms in total. The number of para-hydroxylation sites is 1. The topological polar surface area (TPSA) is 108 Å². The van der Waals surface area contributed by atoms with Gasteiger partial charge in [-0.1, -0.05) is 6.07 Å². The monoisotopic (exact) mass is 273 g/mol. The number of anilines is 1. The maximum atomic E-state index is 10.5. The fraction of sp³-hybridized carbons (Fsp3) is 0. The molecule has 2 rings (SSSR count). The number of hydrogen-bond acceptors (Lipinski definition) is 6. The second kappa shape index (κ2) is 5.70. The van der Waals surface area contributed by atoms with E-state index in [4.69, 9.17) is 0 Å². The Balaban J connectivity index is 2.06. The largest absolute Gasteiger partial charge is 0.504 e. The summed E-state index contributed by atoms with van der Waals surface area (Å²) in [5.74, 6) is -0.494. The van der Waals surface area contributed by atoms with Crippen molar-refractivity contribution < 1.29 is 15.1 Å². The molecule has 102 valence electrons. The number of nitro benzene ring substituents is 1. The summed E-state index contributed by atoms with van der Waals surface area (Å²) in [6.07, 6.45) is 1.33. The number of aromatic hydroxyl groups is 2. The van der Waals surface area contributed by atoms with E-state index < -0.39 is 4.92 Å². The first kappa shape index (κ1) is 13.3. The molecule has 7 heteroatoms. The van der Waals surface area contributed by atoms with Crippen molar-refractivity contribution in [3.05, 3.63) is 58.1 Å². The Morgan fingerprint density at radius 2 is 1.85 bits per heavy atom. The smallest absolute Gasteiger partial charge is 0.269 e. The molecule has 0 spiro atoms. The van der Waals surface area contributed by atoms with Crippen molar-refractivity contribution in [1.29, 1.82) is 0 Å². The highest BCUT2D eigenvalue weighted by molar-refractivity contribution is 5.85. The third-order valence-corrected chi connectivity index (χ3v) is 2.52. The van der Waals surface area contributed by atoms with Gasteiger partial charge in [-0.3, -0.25) is 15.5 Å². The van der Waals surface area contributed by atoms with Gasteiger partial charge in [-0.2, -0.15) is 5.10 Å². The summed E-state index contributed by atoms with van der Waals surface area (Å²) in [6, 6.07) is 10.2. The van der Waals surface area contributed by atoms with Gasteiger partial charge in [0.1, 0.15) is 0 Å². The van der Waals surface area contributed by atoms with Crippen LogP contribution >= 0.6 is 0 Å². The van der Waals surface area contributed by atoms with E-state index in [0.717, 1.165) is 0 Å². The number of rotatable bonds is 4. The van der Waals surface area contributed by atoms with Crippen LogP contribution < -0.4 is 5.43 Å². The van der Waals surface area contributed by atoms with Gasteiger partial charge in [0, 0.05) is 17.7 Å². The van der Waals surface area contributed by atoms with E-state index in [1.54, 1.807) is 12.1 Å². The second-order valence-corrected chi connectivity index (χ2v) is 3.89. The number of nitrogens with one attached hydrogen (secondary N) is 1. The van der Waals surface area contributed by atoms with Crippen LogP contribution in [0.25, 0.3) is 0 Å². The fourth-order valence-corrected chi connectivity index (χ4v) is 1.49. The molecule has 0 saturated heterocycles. The lowest BCUT2D eigenvalue weighted by molar-refractivity contribution is -0.384. The zero-order chi connectivity index (χ0) is 14.5. The predicted molar refractivity (Wildman–Crippen MR) is 74.1 cm³/mol. The number of phenolic OH excluding ortho intramolecular Hbond substituents is 2. The van der Waals surface area contributed by atoms with Crippen LogP contribution in [-0.4, -0.2) is 21.4 Å². The van der Waals surface area contributed by atoms with E-state index in [1.807, 2.05) is 0 Å². The van der Waals surface area contributed by atoms with Crippen molar-refractivity contribution >= 4 is 17.6 Å². The average molecular weight is 273 g/mol. The third kappa shape index (κ3) is 3.02. The zero-order valence-electron chi connectivity index (χ0n) is 10.2. The number of benzene rings is 2. The van der Waals surface area contributed by atoms with Gasteiger partial charge in [0.2, 0.25) is 0 Å². The van der Waals surface area contributed by atoms with Crippen LogP contribution in [0.15, 0.2) is 47.6 Å². The molecule has 2 aromatic carbocycles. The number of hydrazone groups is 1. The van der Waals surface area contributed by atoms with E-state index in [2.05, 4.69) is 10.5 Å². The van der Waals surface area contributed by atoms with Crippen molar-refractivity contribution in [2.24, 2.45) is 5.10 Å². The lowest BCUT2D eigenvalue weighted by Gasteiger charge is -2.02. The van der Waals surface area contributed by atoms with Crippen molar-refractivity contribution in [3.63, 3.8) is 0 Å². The van der Waals surface area contributed by atoms with Crippen LogP contribution in [0.4, 0.5) is 11.4 Å². The quantitative estimate of drug-likeness (QED) is 0.343. The summed E-state index contributed by atoms with van der Waals surface area (Å²) >= 11 is 0. The summed E-state index contributed by atoms with van der Waals surface area (Å²) in [4.78, 5) is 10.00. The summed E-state index contributed by atoms with van der Waals surface area (Å²) in [7, 11) is 0. The molecule has 0 aliphatic rings. The Morgan fingerprint density at radius 1 is 1.15 bits per heavy atom. The van der Waals surface area contributed by atoms with Gasteiger partial charge in [-0.15, -0.1) is 0 Å². The van der Waals surface area contributed by atoms with E-state index >= 15 is 0 Å². The van der Waals surface area contributed by atoms with Gasteiger partial charge >= 0.3 is 0 Å². The van der Waals surface area contributed by atoms with E-state index in [9.17, 15) is 20.3 Å². The Kier molecular flexibility index (Phi) is 3.80. The highest BCUT2D eigenvalue weighted by atomic mass is 16.6. The van der Waals surface area contributed by atoms with Crippen LogP contribution in [-0.2, 0) is 0 Å². The van der Waals surface area contributed by atoms with Crippen molar-refractivity contribution in [3.8, 4) is 11.5 Å². The number of nitrogens with zero attached hydrogens (tertiary/aromatic N) is 2. The molecule has 0 fully saturated rings. The molecule has 0 aliphatic heterocycles. The van der Waals surface area contributed by atoms with Gasteiger partial charge in [-0.25, -0.2) is 0 Å². The van der Waals surface area contributed by atoms with Crippen molar-refractivity contribution in [2.45, 2.75) is 0 Å². The molecule has 20 heavy (non-hydrogen) atoms. The molecule has 0 heterocycles. The van der Waals surface area contributed by atoms with Gasteiger partial charge in [-0.05, 0) is 24.3 Å². The maximum Gasteiger partial charge on any atom is 0.269 e. The first-order valence-electron chi connectivity index (χ1n) is 5.62. The number of nitro groups is 1. The molecule has 0 unspecified atom stereocenters. The Labute approximate surface area is 114 Å². The molecule has 0 saturated carbocycles. The minimum atomic E-state index is -0.488. The third-order valence-electron chi connectivity index (χ3n) is 2.52. The van der Waals surface area contributed by atoms with Crippen LogP contribution in [0.5, 0.6) is 11.5 Å². The Hall–Kier alpha value is -3.09. The first-order valence-corrected chi connectivity index (χ1v) is 5.62. The van der Waals surface area contributed by atoms with Crippen LogP contribution in [0, 0.1) is 10.1 Å². The average Bonchev–Trinajstić information content (AvgIpc) is 2.44. The van der Waals surface area contributed by atoms with Gasteiger partial charge in [0.15, 0.2) is 11.5 Å². The summed E-state index contributed by atoms with van der Waals surface area (Å²) in [6.45, 7) is 0. The number of phenols is 2. The molecule has 0 amide bonds.